The predicted molar refractivity (Wildman–Crippen MR) is 91.4 cm³/mol. The monoisotopic (exact) mass is 354 g/mol. The molecule has 0 unspecified atom stereocenters. The third-order valence-corrected chi connectivity index (χ3v) is 5.29. The number of aryl methyl sites for hydroxylation is 3. The Balaban J connectivity index is 1.96. The van der Waals surface area contributed by atoms with E-state index in [0.29, 0.717) is 18.0 Å². The molecule has 0 bridgehead atoms. The minimum absolute atomic E-state index is 0.161. The summed E-state index contributed by atoms with van der Waals surface area (Å²) in [6.45, 7) is 4.45. The third kappa shape index (κ3) is 4.67. The number of sulfonamides is 1. The number of rotatable bonds is 6. The zero-order valence-electron chi connectivity index (χ0n) is 13.0. The van der Waals surface area contributed by atoms with Crippen molar-refractivity contribution >= 4 is 21.6 Å². The smallest absolute Gasteiger partial charge is 0.250 e. The molecule has 0 atom stereocenters. The van der Waals surface area contributed by atoms with Gasteiger partial charge in [0, 0.05) is 25.4 Å². The highest BCUT2D eigenvalue weighted by Gasteiger charge is 2.13. The largest absolute Gasteiger partial charge is 0.314 e. The van der Waals surface area contributed by atoms with Crippen LogP contribution >= 0.6 is 11.6 Å². The second-order valence-electron chi connectivity index (χ2n) is 5.38. The van der Waals surface area contributed by atoms with Gasteiger partial charge in [0.15, 0.2) is 0 Å². The van der Waals surface area contributed by atoms with Crippen LogP contribution in [0.25, 0.3) is 0 Å². The lowest BCUT2D eigenvalue weighted by Crippen LogP contribution is -2.27. The number of nitrogens with one attached hydrogen (secondary N) is 1. The second kappa shape index (κ2) is 7.29. The molecular weight excluding hydrogens is 336 g/mol. The molecular formula is C16H19ClN2O3S. The SMILES string of the molecule is Cc1ccc(S(=O)(=O)NCCCn2cc(Cl)ccc2=O)cc1C. The Morgan fingerprint density at radius 2 is 1.87 bits per heavy atom. The van der Waals surface area contributed by atoms with E-state index < -0.39 is 10.0 Å². The summed E-state index contributed by atoms with van der Waals surface area (Å²) >= 11 is 5.84. The van der Waals surface area contributed by atoms with E-state index in [2.05, 4.69) is 4.72 Å². The van der Waals surface area contributed by atoms with Crippen molar-refractivity contribution in [3.8, 4) is 0 Å². The molecule has 0 saturated heterocycles. The van der Waals surface area contributed by atoms with Crippen LogP contribution in [0.4, 0.5) is 0 Å². The van der Waals surface area contributed by atoms with Crippen LogP contribution < -0.4 is 10.3 Å². The van der Waals surface area contributed by atoms with Crippen LogP contribution in [0.3, 0.4) is 0 Å². The van der Waals surface area contributed by atoms with Crippen molar-refractivity contribution in [3.05, 3.63) is 63.0 Å². The topological polar surface area (TPSA) is 68.2 Å². The Bertz CT molecular complexity index is 860. The fraction of sp³-hybridized carbons (Fsp3) is 0.312. The number of nitrogens with zero attached hydrogens (tertiary/aromatic N) is 1. The molecule has 2 rings (SSSR count). The van der Waals surface area contributed by atoms with Crippen LogP contribution in [0.5, 0.6) is 0 Å². The Hall–Kier alpha value is -1.63. The second-order valence-corrected chi connectivity index (χ2v) is 7.58. The van der Waals surface area contributed by atoms with Gasteiger partial charge in [0.25, 0.3) is 5.56 Å². The van der Waals surface area contributed by atoms with E-state index in [-0.39, 0.29) is 17.0 Å². The van der Waals surface area contributed by atoms with Gasteiger partial charge in [-0.05, 0) is 49.6 Å². The molecule has 0 aliphatic carbocycles. The van der Waals surface area contributed by atoms with Crippen LogP contribution in [-0.4, -0.2) is 19.5 Å². The van der Waals surface area contributed by atoms with Gasteiger partial charge in [0.2, 0.25) is 10.0 Å². The maximum Gasteiger partial charge on any atom is 0.250 e. The highest BCUT2D eigenvalue weighted by molar-refractivity contribution is 7.89. The predicted octanol–water partition coefficient (Wildman–Crippen LogP) is 2.49. The fourth-order valence-corrected chi connectivity index (χ4v) is 3.44. The molecule has 1 aromatic heterocycles. The molecule has 0 amide bonds. The fourth-order valence-electron chi connectivity index (χ4n) is 2.10. The molecule has 0 fully saturated rings. The molecule has 0 spiro atoms. The average molecular weight is 355 g/mol. The Morgan fingerprint density at radius 3 is 2.57 bits per heavy atom. The van der Waals surface area contributed by atoms with Gasteiger partial charge in [-0.1, -0.05) is 17.7 Å². The Morgan fingerprint density at radius 1 is 1.13 bits per heavy atom. The van der Waals surface area contributed by atoms with Crippen LogP contribution in [0, 0.1) is 13.8 Å². The lowest BCUT2D eigenvalue weighted by Gasteiger charge is -2.09. The van der Waals surface area contributed by atoms with Crippen molar-refractivity contribution in [1.82, 2.24) is 9.29 Å². The van der Waals surface area contributed by atoms with E-state index in [1.807, 2.05) is 13.8 Å². The first-order valence-electron chi connectivity index (χ1n) is 7.22. The van der Waals surface area contributed by atoms with Crippen LogP contribution in [0.2, 0.25) is 5.02 Å². The Labute approximate surface area is 141 Å². The zero-order chi connectivity index (χ0) is 17.0. The molecule has 0 aliphatic rings. The molecule has 1 heterocycles. The minimum Gasteiger partial charge on any atom is -0.314 e. The summed E-state index contributed by atoms with van der Waals surface area (Å²) in [5.74, 6) is 0. The first-order chi connectivity index (χ1) is 10.8. The van der Waals surface area contributed by atoms with Crippen LogP contribution in [0.1, 0.15) is 17.5 Å². The zero-order valence-corrected chi connectivity index (χ0v) is 14.6. The van der Waals surface area contributed by atoms with Gasteiger partial charge in [0.1, 0.15) is 0 Å². The number of pyridine rings is 1. The van der Waals surface area contributed by atoms with Crippen molar-refractivity contribution in [2.75, 3.05) is 6.54 Å². The highest BCUT2D eigenvalue weighted by atomic mass is 35.5. The summed E-state index contributed by atoms with van der Waals surface area (Å²) in [6, 6.07) is 7.95. The minimum atomic E-state index is -3.54. The molecule has 5 nitrogen and oxygen atoms in total. The van der Waals surface area contributed by atoms with E-state index in [9.17, 15) is 13.2 Å². The summed E-state index contributed by atoms with van der Waals surface area (Å²) in [4.78, 5) is 11.9. The number of hydrogen-bond acceptors (Lipinski definition) is 3. The number of hydrogen-bond donors (Lipinski definition) is 1. The van der Waals surface area contributed by atoms with Crippen molar-refractivity contribution in [3.63, 3.8) is 0 Å². The van der Waals surface area contributed by atoms with Gasteiger partial charge in [-0.15, -0.1) is 0 Å². The number of aromatic nitrogens is 1. The molecule has 0 radical (unpaired) electrons. The molecule has 23 heavy (non-hydrogen) atoms. The average Bonchev–Trinajstić information content (AvgIpc) is 2.49. The number of halogens is 1. The highest BCUT2D eigenvalue weighted by Crippen LogP contribution is 2.14. The van der Waals surface area contributed by atoms with Crippen molar-refractivity contribution in [2.24, 2.45) is 0 Å². The maximum absolute atomic E-state index is 12.2. The van der Waals surface area contributed by atoms with Gasteiger partial charge in [-0.2, -0.15) is 0 Å². The first-order valence-corrected chi connectivity index (χ1v) is 9.08. The van der Waals surface area contributed by atoms with Gasteiger partial charge in [-0.3, -0.25) is 4.79 Å². The lowest BCUT2D eigenvalue weighted by atomic mass is 10.1. The van der Waals surface area contributed by atoms with Crippen molar-refractivity contribution < 1.29 is 8.42 Å². The third-order valence-electron chi connectivity index (χ3n) is 3.60. The first kappa shape index (κ1) is 17.7. The van der Waals surface area contributed by atoms with Gasteiger partial charge in [-0.25, -0.2) is 13.1 Å². The Kier molecular flexibility index (Phi) is 5.62. The quantitative estimate of drug-likeness (QED) is 0.810. The molecule has 2 aromatic rings. The summed E-state index contributed by atoms with van der Waals surface area (Å²) in [6.07, 6.45) is 2.03. The summed E-state index contributed by atoms with van der Waals surface area (Å²) in [5, 5.41) is 0.473. The van der Waals surface area contributed by atoms with Crippen molar-refractivity contribution in [2.45, 2.75) is 31.7 Å². The van der Waals surface area contributed by atoms with Crippen LogP contribution in [0.15, 0.2) is 46.2 Å². The van der Waals surface area contributed by atoms with E-state index in [4.69, 9.17) is 11.6 Å². The molecule has 1 aromatic carbocycles. The normalized spacial score (nSPS) is 11.6. The molecule has 7 heteroatoms. The van der Waals surface area contributed by atoms with Gasteiger partial charge >= 0.3 is 0 Å². The lowest BCUT2D eigenvalue weighted by molar-refractivity contribution is 0.566. The van der Waals surface area contributed by atoms with Crippen LogP contribution in [-0.2, 0) is 16.6 Å². The standard InChI is InChI=1S/C16H19ClN2O3S/c1-12-4-6-15(10-13(12)2)23(21,22)18-8-3-9-19-11-14(17)5-7-16(19)20/h4-7,10-11,18H,3,8-9H2,1-2H3. The van der Waals surface area contributed by atoms with E-state index in [0.717, 1.165) is 11.1 Å². The summed E-state index contributed by atoms with van der Waals surface area (Å²) < 4.78 is 28.5. The molecule has 124 valence electrons. The maximum atomic E-state index is 12.2. The molecule has 0 aliphatic heterocycles. The van der Waals surface area contributed by atoms with E-state index in [1.165, 1.54) is 16.7 Å². The summed E-state index contributed by atoms with van der Waals surface area (Å²) in [7, 11) is -3.54. The van der Waals surface area contributed by atoms with Gasteiger partial charge < -0.3 is 4.57 Å². The van der Waals surface area contributed by atoms with Gasteiger partial charge in [0.05, 0.1) is 9.92 Å². The van der Waals surface area contributed by atoms with E-state index in [1.54, 1.807) is 24.4 Å². The number of benzene rings is 1. The molecule has 0 saturated carbocycles. The summed E-state index contributed by atoms with van der Waals surface area (Å²) in [5.41, 5.74) is 1.81. The van der Waals surface area contributed by atoms with Crippen molar-refractivity contribution in [1.29, 1.82) is 0 Å². The molecule has 1 N–H and O–H groups in total. The van der Waals surface area contributed by atoms with E-state index >= 15 is 0 Å².